The SMILES string of the molecule is O=C(Cc1ccc(C(F)(F)F)cc1)N1CCN(c2nccs2)C[C@H]1CN1CCCC(O)C1. The van der Waals surface area contributed by atoms with Gasteiger partial charge in [-0.3, -0.25) is 9.69 Å². The standard InChI is InChI=1S/C22H27F3N4O2S/c23-22(24,25)17-5-3-16(4-6-17)12-20(31)29-10-9-28(21-26-7-11-32-21)14-18(29)13-27-8-1-2-19(30)15-27/h3-7,11,18-19,30H,1-2,8-10,12-15H2/t18-,19?/m1/s1. The first-order valence-corrected chi connectivity index (χ1v) is 11.7. The first-order chi connectivity index (χ1) is 15.3. The Kier molecular flexibility index (Phi) is 7.02. The van der Waals surface area contributed by atoms with E-state index in [1.54, 1.807) is 17.5 Å². The summed E-state index contributed by atoms with van der Waals surface area (Å²) >= 11 is 1.56. The van der Waals surface area contributed by atoms with Gasteiger partial charge in [0.15, 0.2) is 5.13 Å². The van der Waals surface area contributed by atoms with E-state index in [2.05, 4.69) is 14.8 Å². The first-order valence-electron chi connectivity index (χ1n) is 10.8. The summed E-state index contributed by atoms with van der Waals surface area (Å²) in [6.07, 6.45) is -1.20. The van der Waals surface area contributed by atoms with E-state index in [1.165, 1.54) is 12.1 Å². The van der Waals surface area contributed by atoms with Crippen molar-refractivity contribution >= 4 is 22.4 Å². The van der Waals surface area contributed by atoms with Crippen molar-refractivity contribution in [1.29, 1.82) is 0 Å². The predicted molar refractivity (Wildman–Crippen MR) is 117 cm³/mol. The number of thiazole rings is 1. The summed E-state index contributed by atoms with van der Waals surface area (Å²) in [4.78, 5) is 23.8. The lowest BCUT2D eigenvalue weighted by molar-refractivity contribution is -0.137. The number of piperazine rings is 1. The number of aliphatic hydroxyl groups is 1. The predicted octanol–water partition coefficient (Wildman–Crippen LogP) is 2.88. The number of amides is 1. The number of rotatable bonds is 5. The molecule has 32 heavy (non-hydrogen) atoms. The summed E-state index contributed by atoms with van der Waals surface area (Å²) in [6.45, 7) is 3.95. The van der Waals surface area contributed by atoms with E-state index >= 15 is 0 Å². The van der Waals surface area contributed by atoms with Gasteiger partial charge < -0.3 is 14.9 Å². The molecular weight excluding hydrogens is 441 g/mol. The molecule has 0 bridgehead atoms. The van der Waals surface area contributed by atoms with E-state index in [-0.39, 0.29) is 24.5 Å². The van der Waals surface area contributed by atoms with Gasteiger partial charge in [-0.05, 0) is 37.1 Å². The highest BCUT2D eigenvalue weighted by Crippen LogP contribution is 2.29. The van der Waals surface area contributed by atoms with Crippen molar-refractivity contribution in [2.45, 2.75) is 37.6 Å². The average Bonchev–Trinajstić information content (AvgIpc) is 3.28. The monoisotopic (exact) mass is 468 g/mol. The fourth-order valence-corrected chi connectivity index (χ4v) is 5.15. The molecule has 2 saturated heterocycles. The molecular formula is C22H27F3N4O2S. The average molecular weight is 469 g/mol. The highest BCUT2D eigenvalue weighted by Gasteiger charge is 2.34. The molecule has 0 spiro atoms. The van der Waals surface area contributed by atoms with E-state index in [4.69, 9.17) is 0 Å². The summed E-state index contributed by atoms with van der Waals surface area (Å²) in [6, 6.07) is 4.72. The second kappa shape index (κ2) is 9.76. The maximum absolute atomic E-state index is 13.2. The maximum atomic E-state index is 13.2. The summed E-state index contributed by atoms with van der Waals surface area (Å²) in [5, 5.41) is 12.9. The minimum Gasteiger partial charge on any atom is -0.392 e. The van der Waals surface area contributed by atoms with Crippen molar-refractivity contribution in [3.8, 4) is 0 Å². The highest BCUT2D eigenvalue weighted by molar-refractivity contribution is 7.13. The van der Waals surface area contributed by atoms with Crippen LogP contribution in [0.2, 0.25) is 0 Å². The van der Waals surface area contributed by atoms with Gasteiger partial charge in [0.1, 0.15) is 0 Å². The summed E-state index contributed by atoms with van der Waals surface area (Å²) in [5.41, 5.74) is -0.148. The minimum absolute atomic E-state index is 0.0640. The topological polar surface area (TPSA) is 59.9 Å². The molecule has 10 heteroatoms. The van der Waals surface area contributed by atoms with Crippen LogP contribution in [-0.4, -0.2) is 77.2 Å². The Balaban J connectivity index is 1.46. The number of hydrogen-bond donors (Lipinski definition) is 1. The molecule has 2 aliphatic rings. The molecule has 4 rings (SSSR count). The molecule has 2 atom stereocenters. The largest absolute Gasteiger partial charge is 0.416 e. The quantitative estimate of drug-likeness (QED) is 0.732. The smallest absolute Gasteiger partial charge is 0.392 e. The third-order valence-electron chi connectivity index (χ3n) is 6.08. The molecule has 0 radical (unpaired) electrons. The normalized spacial score (nSPS) is 22.9. The van der Waals surface area contributed by atoms with Crippen LogP contribution in [0.3, 0.4) is 0 Å². The number of aliphatic hydroxyl groups excluding tert-OH is 1. The minimum atomic E-state index is -4.39. The summed E-state index contributed by atoms with van der Waals surface area (Å²) in [5.74, 6) is -0.0916. The van der Waals surface area contributed by atoms with Crippen LogP contribution < -0.4 is 4.90 Å². The summed E-state index contributed by atoms with van der Waals surface area (Å²) in [7, 11) is 0. The molecule has 1 aromatic heterocycles. The highest BCUT2D eigenvalue weighted by atomic mass is 32.1. The maximum Gasteiger partial charge on any atom is 0.416 e. The van der Waals surface area contributed by atoms with Crippen LogP contribution in [0.25, 0.3) is 0 Å². The van der Waals surface area contributed by atoms with Crippen LogP contribution in [0.15, 0.2) is 35.8 Å². The fourth-order valence-electron chi connectivity index (χ4n) is 4.47. The van der Waals surface area contributed by atoms with Crippen molar-refractivity contribution < 1.29 is 23.1 Å². The van der Waals surface area contributed by atoms with Crippen LogP contribution in [0.5, 0.6) is 0 Å². The third-order valence-corrected chi connectivity index (χ3v) is 6.91. The Labute approximate surface area is 189 Å². The molecule has 6 nitrogen and oxygen atoms in total. The van der Waals surface area contributed by atoms with Crippen LogP contribution in [0.1, 0.15) is 24.0 Å². The molecule has 2 aromatic rings. The van der Waals surface area contributed by atoms with Crippen molar-refractivity contribution in [2.24, 2.45) is 0 Å². The van der Waals surface area contributed by atoms with Crippen molar-refractivity contribution in [3.05, 3.63) is 47.0 Å². The van der Waals surface area contributed by atoms with E-state index in [9.17, 15) is 23.1 Å². The van der Waals surface area contributed by atoms with Crippen LogP contribution in [0.4, 0.5) is 18.3 Å². The number of anilines is 1. The Morgan fingerprint density at radius 2 is 1.94 bits per heavy atom. The molecule has 174 valence electrons. The molecule has 3 heterocycles. The molecule has 1 aromatic carbocycles. The first kappa shape index (κ1) is 23.0. The number of piperidine rings is 1. The van der Waals surface area contributed by atoms with Gasteiger partial charge in [-0.25, -0.2) is 4.98 Å². The zero-order chi connectivity index (χ0) is 22.7. The molecule has 2 fully saturated rings. The molecule has 0 aliphatic carbocycles. The number of alkyl halides is 3. The number of carbonyl (C=O) groups excluding carboxylic acids is 1. The van der Waals surface area contributed by atoms with Crippen LogP contribution in [0, 0.1) is 0 Å². The van der Waals surface area contributed by atoms with Crippen molar-refractivity contribution in [1.82, 2.24) is 14.8 Å². The number of aromatic nitrogens is 1. The number of carbonyl (C=O) groups is 1. The number of β-amino-alcohol motifs (C(OH)–C–C–N with tert-alkyl or cyclic N) is 1. The number of nitrogens with zero attached hydrogens (tertiary/aromatic N) is 4. The van der Waals surface area contributed by atoms with E-state index in [0.717, 1.165) is 36.7 Å². The molecule has 2 aliphatic heterocycles. The van der Waals surface area contributed by atoms with Gasteiger partial charge in [-0.2, -0.15) is 13.2 Å². The van der Waals surface area contributed by atoms with Crippen LogP contribution >= 0.6 is 11.3 Å². The molecule has 0 saturated carbocycles. The van der Waals surface area contributed by atoms with Crippen molar-refractivity contribution in [3.63, 3.8) is 0 Å². The molecule has 1 unspecified atom stereocenters. The Hall–Kier alpha value is -2.17. The van der Waals surface area contributed by atoms with E-state index < -0.39 is 11.7 Å². The lowest BCUT2D eigenvalue weighted by Gasteiger charge is -2.44. The van der Waals surface area contributed by atoms with Gasteiger partial charge in [-0.1, -0.05) is 12.1 Å². The van der Waals surface area contributed by atoms with E-state index in [1.807, 2.05) is 10.3 Å². The van der Waals surface area contributed by atoms with Gasteiger partial charge in [0, 0.05) is 44.3 Å². The molecule has 1 amide bonds. The lowest BCUT2D eigenvalue weighted by Crippen LogP contribution is -2.60. The van der Waals surface area contributed by atoms with Crippen molar-refractivity contribution in [2.75, 3.05) is 44.2 Å². The van der Waals surface area contributed by atoms with Gasteiger partial charge >= 0.3 is 6.18 Å². The second-order valence-corrected chi connectivity index (χ2v) is 9.30. The number of benzene rings is 1. The summed E-state index contributed by atoms with van der Waals surface area (Å²) < 4.78 is 38.5. The number of halogens is 3. The number of likely N-dealkylation sites (tertiary alicyclic amines) is 1. The third kappa shape index (κ3) is 5.60. The molecule has 1 N–H and O–H groups in total. The van der Waals surface area contributed by atoms with Gasteiger partial charge in [0.25, 0.3) is 0 Å². The lowest BCUT2D eigenvalue weighted by atomic mass is 10.0. The Morgan fingerprint density at radius 3 is 2.59 bits per heavy atom. The van der Waals surface area contributed by atoms with Gasteiger partial charge in [-0.15, -0.1) is 11.3 Å². The van der Waals surface area contributed by atoms with Crippen LogP contribution in [-0.2, 0) is 17.4 Å². The Morgan fingerprint density at radius 1 is 1.16 bits per heavy atom. The van der Waals surface area contributed by atoms with E-state index in [0.29, 0.717) is 38.3 Å². The zero-order valence-corrected chi connectivity index (χ0v) is 18.5. The fraction of sp³-hybridized carbons (Fsp3) is 0.545. The Bertz CT molecular complexity index is 892. The van der Waals surface area contributed by atoms with Gasteiger partial charge in [0.05, 0.1) is 24.1 Å². The zero-order valence-electron chi connectivity index (χ0n) is 17.7. The second-order valence-electron chi connectivity index (χ2n) is 8.43. The number of hydrogen-bond acceptors (Lipinski definition) is 6. The van der Waals surface area contributed by atoms with Gasteiger partial charge in [0.2, 0.25) is 5.91 Å².